The van der Waals surface area contributed by atoms with Gasteiger partial charge in [-0.1, -0.05) is 7.43 Å². The third kappa shape index (κ3) is 9.10. The third-order valence-electron chi connectivity index (χ3n) is 0.912. The van der Waals surface area contributed by atoms with E-state index in [1.807, 2.05) is 6.92 Å². The molecule has 0 spiro atoms. The lowest BCUT2D eigenvalue weighted by molar-refractivity contribution is -0.128. The molecule has 0 aliphatic rings. The number of Topliss-reactive ketones (excluding diaryl/α,β-unsaturated/α-hetero) is 1. The summed E-state index contributed by atoms with van der Waals surface area (Å²) in [6.45, 7) is 3.80. The lowest BCUT2D eigenvalue weighted by atomic mass is 10.5. The molecule has 12 heavy (non-hydrogen) atoms. The van der Waals surface area contributed by atoms with E-state index in [9.17, 15) is 9.59 Å². The first-order chi connectivity index (χ1) is 5.16. The van der Waals surface area contributed by atoms with Gasteiger partial charge in [-0.3, -0.25) is 9.59 Å². The van der Waals surface area contributed by atoms with E-state index in [0.717, 1.165) is 0 Å². The highest BCUT2D eigenvalue weighted by Gasteiger charge is 1.99. The Kier molecular flexibility index (Phi) is 9.34. The second kappa shape index (κ2) is 8.20. The summed E-state index contributed by atoms with van der Waals surface area (Å²) in [6.07, 6.45) is 0. The lowest BCUT2D eigenvalue weighted by Crippen LogP contribution is -2.27. The normalized spacial score (nSPS) is 8.50. The van der Waals surface area contributed by atoms with E-state index in [4.69, 9.17) is 4.74 Å². The van der Waals surface area contributed by atoms with Crippen molar-refractivity contribution in [3.05, 3.63) is 0 Å². The molecule has 1 N–H and O–H groups in total. The first-order valence-electron chi connectivity index (χ1n) is 3.50. The molecule has 0 rings (SSSR count). The van der Waals surface area contributed by atoms with Gasteiger partial charge in [0, 0.05) is 6.54 Å². The van der Waals surface area contributed by atoms with Crippen molar-refractivity contribution in [1.82, 2.24) is 5.32 Å². The molecule has 72 valence electrons. The molecule has 0 saturated carbocycles. The number of likely N-dealkylation sites (N-methyl/N-ethyl adjacent to an activating group) is 1. The van der Waals surface area contributed by atoms with E-state index in [1.54, 1.807) is 0 Å². The van der Waals surface area contributed by atoms with Crippen molar-refractivity contribution >= 4 is 11.7 Å². The average Bonchev–Trinajstić information content (AvgIpc) is 1.87. The van der Waals surface area contributed by atoms with E-state index >= 15 is 0 Å². The number of amides is 1. The summed E-state index contributed by atoms with van der Waals surface area (Å²) in [5.41, 5.74) is 0. The van der Waals surface area contributed by atoms with E-state index in [-0.39, 0.29) is 32.3 Å². The van der Waals surface area contributed by atoms with E-state index in [2.05, 4.69) is 5.32 Å². The maximum absolute atomic E-state index is 10.7. The molecule has 4 nitrogen and oxygen atoms in total. The molecule has 1 amide bonds. The number of ketones is 1. The van der Waals surface area contributed by atoms with Crippen molar-refractivity contribution in [2.45, 2.75) is 21.3 Å². The van der Waals surface area contributed by atoms with Gasteiger partial charge in [-0.05, 0) is 13.8 Å². The quantitative estimate of drug-likeness (QED) is 0.656. The van der Waals surface area contributed by atoms with E-state index < -0.39 is 0 Å². The lowest BCUT2D eigenvalue weighted by Gasteiger charge is -2.01. The minimum absolute atomic E-state index is 0. The molecule has 0 atom stereocenters. The van der Waals surface area contributed by atoms with E-state index in [0.29, 0.717) is 6.54 Å². The van der Waals surface area contributed by atoms with Crippen LogP contribution in [0, 0.1) is 0 Å². The van der Waals surface area contributed by atoms with Crippen LogP contribution in [0.3, 0.4) is 0 Å². The van der Waals surface area contributed by atoms with Crippen molar-refractivity contribution in [1.29, 1.82) is 0 Å². The second-order valence-corrected chi connectivity index (χ2v) is 2.15. The largest absolute Gasteiger partial charge is 0.364 e. The first-order valence-corrected chi connectivity index (χ1v) is 3.50. The highest BCUT2D eigenvalue weighted by atomic mass is 16.5. The predicted octanol–water partition coefficient (Wildman–Crippen LogP) is 0.364. The topological polar surface area (TPSA) is 55.4 Å². The summed E-state index contributed by atoms with van der Waals surface area (Å²) in [7, 11) is 0. The standard InChI is InChI=1S/C7H13NO3.CH4/c1-3-8-7(10)5-11-4-6(2)9;/h3-5H2,1-2H3,(H,8,10);1H4. The Labute approximate surface area is 73.3 Å². The van der Waals surface area contributed by atoms with Crippen LogP contribution in [0.15, 0.2) is 0 Å². The van der Waals surface area contributed by atoms with Crippen molar-refractivity contribution in [3.8, 4) is 0 Å². The Morgan fingerprint density at radius 1 is 1.33 bits per heavy atom. The predicted molar refractivity (Wildman–Crippen MR) is 46.9 cm³/mol. The van der Waals surface area contributed by atoms with Gasteiger partial charge in [0.05, 0.1) is 0 Å². The summed E-state index contributed by atoms with van der Waals surface area (Å²) in [6, 6.07) is 0. The minimum atomic E-state index is -0.186. The Morgan fingerprint density at radius 3 is 2.33 bits per heavy atom. The molecule has 0 aromatic heterocycles. The van der Waals surface area contributed by atoms with Crippen LogP contribution < -0.4 is 5.32 Å². The van der Waals surface area contributed by atoms with Gasteiger partial charge >= 0.3 is 0 Å². The zero-order valence-corrected chi connectivity index (χ0v) is 6.85. The van der Waals surface area contributed by atoms with Crippen LogP contribution in [0.25, 0.3) is 0 Å². The minimum Gasteiger partial charge on any atom is -0.364 e. The molecule has 0 aliphatic heterocycles. The Morgan fingerprint density at radius 2 is 1.92 bits per heavy atom. The summed E-state index contributed by atoms with van der Waals surface area (Å²) in [5, 5.41) is 2.54. The van der Waals surface area contributed by atoms with Crippen LogP contribution in [0.5, 0.6) is 0 Å². The van der Waals surface area contributed by atoms with Gasteiger partial charge < -0.3 is 10.1 Å². The van der Waals surface area contributed by atoms with Crippen LogP contribution in [0.4, 0.5) is 0 Å². The van der Waals surface area contributed by atoms with E-state index in [1.165, 1.54) is 6.92 Å². The molecule has 0 radical (unpaired) electrons. The molecule has 4 heteroatoms. The van der Waals surface area contributed by atoms with Crippen molar-refractivity contribution in [2.75, 3.05) is 19.8 Å². The SMILES string of the molecule is C.CCNC(=O)COCC(C)=O. The first kappa shape index (κ1) is 13.7. The molecule has 0 bridgehead atoms. The van der Waals surface area contributed by atoms with Gasteiger partial charge in [-0.15, -0.1) is 0 Å². The third-order valence-corrected chi connectivity index (χ3v) is 0.912. The molecule has 0 heterocycles. The molecule has 0 fully saturated rings. The molecule has 0 saturated heterocycles. The fraction of sp³-hybridized carbons (Fsp3) is 0.750. The zero-order valence-electron chi connectivity index (χ0n) is 6.85. The molecule has 0 aromatic carbocycles. The average molecular weight is 175 g/mol. The highest BCUT2D eigenvalue weighted by molar-refractivity contribution is 5.79. The molecular weight excluding hydrogens is 158 g/mol. The van der Waals surface area contributed by atoms with Crippen molar-refractivity contribution < 1.29 is 14.3 Å². The Bertz CT molecular complexity index is 145. The maximum atomic E-state index is 10.7. The van der Waals surface area contributed by atoms with Gasteiger partial charge in [0.1, 0.15) is 13.2 Å². The number of hydrogen-bond acceptors (Lipinski definition) is 3. The number of nitrogens with one attached hydrogen (secondary N) is 1. The van der Waals surface area contributed by atoms with Crippen LogP contribution >= 0.6 is 0 Å². The van der Waals surface area contributed by atoms with Crippen LogP contribution in [0.1, 0.15) is 21.3 Å². The van der Waals surface area contributed by atoms with Gasteiger partial charge in [0.2, 0.25) is 5.91 Å². The summed E-state index contributed by atoms with van der Waals surface area (Å²) >= 11 is 0. The number of carbonyl (C=O) groups excluding carboxylic acids is 2. The zero-order chi connectivity index (χ0) is 8.69. The van der Waals surface area contributed by atoms with Crippen molar-refractivity contribution in [3.63, 3.8) is 0 Å². The van der Waals surface area contributed by atoms with Gasteiger partial charge in [0.25, 0.3) is 0 Å². The van der Waals surface area contributed by atoms with Gasteiger partial charge in [0.15, 0.2) is 5.78 Å². The van der Waals surface area contributed by atoms with Crippen LogP contribution in [0.2, 0.25) is 0 Å². The second-order valence-electron chi connectivity index (χ2n) is 2.15. The van der Waals surface area contributed by atoms with Gasteiger partial charge in [-0.25, -0.2) is 0 Å². The Balaban J connectivity index is 0. The number of rotatable bonds is 5. The fourth-order valence-corrected chi connectivity index (χ4v) is 0.536. The number of carbonyl (C=O) groups is 2. The highest BCUT2D eigenvalue weighted by Crippen LogP contribution is 1.76. The molecular formula is C8H17NO3. The molecule has 0 aromatic rings. The number of ether oxygens (including phenoxy) is 1. The van der Waals surface area contributed by atoms with Gasteiger partial charge in [-0.2, -0.15) is 0 Å². The number of hydrogen-bond donors (Lipinski definition) is 1. The van der Waals surface area contributed by atoms with Crippen molar-refractivity contribution in [2.24, 2.45) is 0 Å². The summed E-state index contributed by atoms with van der Waals surface area (Å²) < 4.78 is 4.75. The van der Waals surface area contributed by atoms with Crippen LogP contribution in [-0.4, -0.2) is 31.4 Å². The summed E-state index contributed by atoms with van der Waals surface area (Å²) in [4.78, 5) is 21.0. The molecule has 0 aliphatic carbocycles. The maximum Gasteiger partial charge on any atom is 0.246 e. The Hall–Kier alpha value is -0.900. The monoisotopic (exact) mass is 175 g/mol. The van der Waals surface area contributed by atoms with Crippen LogP contribution in [-0.2, 0) is 14.3 Å². The smallest absolute Gasteiger partial charge is 0.246 e. The fourth-order valence-electron chi connectivity index (χ4n) is 0.536. The summed E-state index contributed by atoms with van der Waals surface area (Å²) in [5.74, 6) is -0.261. The molecule has 0 unspecified atom stereocenters.